The molecule has 3 rings (SSSR count). The summed E-state index contributed by atoms with van der Waals surface area (Å²) in [6, 6.07) is 3.33. The first-order chi connectivity index (χ1) is 11.1. The van der Waals surface area contributed by atoms with Crippen molar-refractivity contribution in [2.75, 3.05) is 26.2 Å². The number of aromatic nitrogens is 2. The van der Waals surface area contributed by atoms with Crippen molar-refractivity contribution < 1.29 is 14.0 Å². The van der Waals surface area contributed by atoms with Crippen LogP contribution in [-0.2, 0) is 0 Å². The molecule has 0 N–H and O–H groups in total. The number of hydrogen-bond donors (Lipinski definition) is 0. The topological polar surface area (TPSA) is 79.5 Å². The SMILES string of the molecule is O=C(c1cnccn1)N1CCCN(C(=O)c2ccc(Br)o2)CC1. The minimum atomic E-state index is -0.162. The molecular formula is C15H15BrN4O3. The van der Waals surface area contributed by atoms with Gasteiger partial charge < -0.3 is 14.2 Å². The van der Waals surface area contributed by atoms with Gasteiger partial charge >= 0.3 is 0 Å². The van der Waals surface area contributed by atoms with E-state index in [1.54, 1.807) is 21.9 Å². The summed E-state index contributed by atoms with van der Waals surface area (Å²) in [5, 5.41) is 0. The number of carbonyl (C=O) groups excluding carboxylic acids is 2. The lowest BCUT2D eigenvalue weighted by Gasteiger charge is -2.21. The van der Waals surface area contributed by atoms with Crippen molar-refractivity contribution in [3.63, 3.8) is 0 Å². The van der Waals surface area contributed by atoms with Crippen molar-refractivity contribution in [3.8, 4) is 0 Å². The van der Waals surface area contributed by atoms with Crippen molar-refractivity contribution >= 4 is 27.7 Å². The van der Waals surface area contributed by atoms with E-state index in [0.717, 1.165) is 0 Å². The van der Waals surface area contributed by atoms with E-state index in [9.17, 15) is 9.59 Å². The molecule has 1 saturated heterocycles. The van der Waals surface area contributed by atoms with Gasteiger partial charge in [-0.25, -0.2) is 4.98 Å². The molecule has 0 bridgehead atoms. The minimum Gasteiger partial charge on any atom is -0.444 e. The molecule has 0 spiro atoms. The summed E-state index contributed by atoms with van der Waals surface area (Å²) in [7, 11) is 0. The quantitative estimate of drug-likeness (QED) is 0.796. The highest BCUT2D eigenvalue weighted by atomic mass is 79.9. The molecule has 1 fully saturated rings. The first-order valence-electron chi connectivity index (χ1n) is 7.25. The standard InChI is InChI=1S/C15H15BrN4O3/c16-13-3-2-12(23-13)15(22)20-7-1-6-19(8-9-20)14(21)11-10-17-4-5-18-11/h2-5,10H,1,6-9H2. The van der Waals surface area contributed by atoms with E-state index < -0.39 is 0 Å². The van der Waals surface area contributed by atoms with Gasteiger partial charge in [-0.1, -0.05) is 0 Å². The van der Waals surface area contributed by atoms with E-state index in [1.165, 1.54) is 18.6 Å². The van der Waals surface area contributed by atoms with E-state index in [4.69, 9.17) is 4.42 Å². The molecule has 2 amide bonds. The number of nitrogens with zero attached hydrogens (tertiary/aromatic N) is 4. The van der Waals surface area contributed by atoms with Gasteiger partial charge in [0.25, 0.3) is 11.8 Å². The Labute approximate surface area is 141 Å². The second-order valence-corrected chi connectivity index (χ2v) is 5.91. The van der Waals surface area contributed by atoms with Gasteiger partial charge in [-0.15, -0.1) is 0 Å². The molecule has 2 aromatic rings. The maximum Gasteiger partial charge on any atom is 0.289 e. The monoisotopic (exact) mass is 378 g/mol. The molecule has 23 heavy (non-hydrogen) atoms. The molecule has 0 radical (unpaired) electrons. The van der Waals surface area contributed by atoms with Crippen LogP contribution >= 0.6 is 15.9 Å². The molecule has 2 aromatic heterocycles. The van der Waals surface area contributed by atoms with E-state index >= 15 is 0 Å². The lowest BCUT2D eigenvalue weighted by Crippen LogP contribution is -2.37. The summed E-state index contributed by atoms with van der Waals surface area (Å²) in [4.78, 5) is 36.2. The molecule has 0 aromatic carbocycles. The fourth-order valence-electron chi connectivity index (χ4n) is 2.48. The predicted molar refractivity (Wildman–Crippen MR) is 84.9 cm³/mol. The number of rotatable bonds is 2. The van der Waals surface area contributed by atoms with Gasteiger partial charge in [-0.05, 0) is 34.5 Å². The van der Waals surface area contributed by atoms with Crippen LogP contribution in [0.4, 0.5) is 0 Å². The highest BCUT2D eigenvalue weighted by Gasteiger charge is 2.25. The van der Waals surface area contributed by atoms with Gasteiger partial charge in [0.1, 0.15) is 5.69 Å². The van der Waals surface area contributed by atoms with Crippen LogP contribution in [0.25, 0.3) is 0 Å². The van der Waals surface area contributed by atoms with E-state index in [2.05, 4.69) is 25.9 Å². The summed E-state index contributed by atoms with van der Waals surface area (Å²) in [6.45, 7) is 2.09. The molecule has 7 nitrogen and oxygen atoms in total. The summed E-state index contributed by atoms with van der Waals surface area (Å²) in [5.41, 5.74) is 0.322. The third-order valence-corrected chi connectivity index (χ3v) is 4.06. The van der Waals surface area contributed by atoms with Gasteiger partial charge in [0.05, 0.1) is 6.20 Å². The number of halogens is 1. The summed E-state index contributed by atoms with van der Waals surface area (Å²) in [6.07, 6.45) is 5.19. The lowest BCUT2D eigenvalue weighted by molar-refractivity contribution is 0.0697. The van der Waals surface area contributed by atoms with Gasteiger partial charge in [0.2, 0.25) is 0 Å². The third-order valence-electron chi connectivity index (χ3n) is 3.64. The Bertz CT molecular complexity index is 704. The number of amides is 2. The van der Waals surface area contributed by atoms with Crippen molar-refractivity contribution in [2.45, 2.75) is 6.42 Å². The zero-order chi connectivity index (χ0) is 16.2. The van der Waals surface area contributed by atoms with Crippen molar-refractivity contribution in [2.24, 2.45) is 0 Å². The van der Waals surface area contributed by atoms with Gasteiger partial charge in [-0.2, -0.15) is 0 Å². The molecule has 0 atom stereocenters. The maximum atomic E-state index is 12.4. The maximum absolute atomic E-state index is 12.4. The average Bonchev–Trinajstić information content (AvgIpc) is 2.87. The Hall–Kier alpha value is -2.22. The highest BCUT2D eigenvalue weighted by molar-refractivity contribution is 9.10. The zero-order valence-corrected chi connectivity index (χ0v) is 13.9. The van der Waals surface area contributed by atoms with E-state index in [-0.39, 0.29) is 11.8 Å². The Balaban J connectivity index is 1.65. The molecule has 0 saturated carbocycles. The first kappa shape index (κ1) is 15.7. The van der Waals surface area contributed by atoms with Crippen LogP contribution in [0, 0.1) is 0 Å². The normalized spacial score (nSPS) is 15.3. The van der Waals surface area contributed by atoms with Crippen LogP contribution in [0.3, 0.4) is 0 Å². The van der Waals surface area contributed by atoms with Crippen molar-refractivity contribution in [1.29, 1.82) is 0 Å². The van der Waals surface area contributed by atoms with Crippen LogP contribution in [0.5, 0.6) is 0 Å². The molecule has 0 aliphatic carbocycles. The number of hydrogen-bond acceptors (Lipinski definition) is 5. The number of furan rings is 1. The zero-order valence-electron chi connectivity index (χ0n) is 12.3. The van der Waals surface area contributed by atoms with Gasteiger partial charge in [0.15, 0.2) is 10.4 Å². The lowest BCUT2D eigenvalue weighted by atomic mass is 10.3. The van der Waals surface area contributed by atoms with Crippen LogP contribution in [0.2, 0.25) is 0 Å². The fourth-order valence-corrected chi connectivity index (χ4v) is 2.79. The second kappa shape index (κ2) is 6.91. The molecule has 1 aliphatic heterocycles. The predicted octanol–water partition coefficient (Wildman–Crippen LogP) is 1.82. The van der Waals surface area contributed by atoms with Crippen LogP contribution in [0.15, 0.2) is 39.8 Å². The summed E-state index contributed by atoms with van der Waals surface area (Å²) >= 11 is 3.19. The molecular weight excluding hydrogens is 364 g/mol. The Morgan fingerprint density at radius 3 is 2.39 bits per heavy atom. The van der Waals surface area contributed by atoms with Crippen LogP contribution in [-0.4, -0.2) is 57.8 Å². The van der Waals surface area contributed by atoms with Gasteiger partial charge in [0, 0.05) is 38.6 Å². The minimum absolute atomic E-state index is 0.159. The van der Waals surface area contributed by atoms with E-state index in [0.29, 0.717) is 48.7 Å². The average molecular weight is 379 g/mol. The number of carbonyl (C=O) groups is 2. The molecule has 0 unspecified atom stereocenters. The molecule has 120 valence electrons. The summed E-state index contributed by atoms with van der Waals surface area (Å²) < 4.78 is 5.83. The van der Waals surface area contributed by atoms with Crippen molar-refractivity contribution in [3.05, 3.63) is 46.8 Å². The Morgan fingerprint density at radius 1 is 1.04 bits per heavy atom. The van der Waals surface area contributed by atoms with Crippen LogP contribution in [0.1, 0.15) is 27.5 Å². The second-order valence-electron chi connectivity index (χ2n) is 5.13. The fraction of sp³-hybridized carbons (Fsp3) is 0.333. The smallest absolute Gasteiger partial charge is 0.289 e. The first-order valence-corrected chi connectivity index (χ1v) is 8.04. The largest absolute Gasteiger partial charge is 0.444 e. The third kappa shape index (κ3) is 3.58. The highest BCUT2D eigenvalue weighted by Crippen LogP contribution is 2.17. The Kier molecular flexibility index (Phi) is 4.71. The molecule has 8 heteroatoms. The van der Waals surface area contributed by atoms with E-state index in [1.807, 2.05) is 0 Å². The van der Waals surface area contributed by atoms with Crippen molar-refractivity contribution in [1.82, 2.24) is 19.8 Å². The molecule has 1 aliphatic rings. The summed E-state index contributed by atoms with van der Waals surface area (Å²) in [5.74, 6) is -0.0248. The van der Waals surface area contributed by atoms with Crippen LogP contribution < -0.4 is 0 Å². The van der Waals surface area contributed by atoms with Gasteiger partial charge in [-0.3, -0.25) is 14.6 Å². The Morgan fingerprint density at radius 2 is 1.78 bits per heavy atom. The molecule has 3 heterocycles.